The average molecular weight is 308 g/mol. The quantitative estimate of drug-likeness (QED) is 0.894. The van der Waals surface area contributed by atoms with Crippen molar-refractivity contribution in [1.82, 2.24) is 5.32 Å². The number of hydrogen-bond donors (Lipinski definition) is 2. The monoisotopic (exact) mass is 308 g/mol. The van der Waals surface area contributed by atoms with Crippen LogP contribution in [0.25, 0.3) is 0 Å². The van der Waals surface area contributed by atoms with Crippen molar-refractivity contribution in [2.75, 3.05) is 0 Å². The smallest absolute Gasteiger partial charge is 0.254 e. The van der Waals surface area contributed by atoms with Crippen LogP contribution in [0.2, 0.25) is 0 Å². The maximum atomic E-state index is 13.6. The Morgan fingerprint density at radius 1 is 1.14 bits per heavy atom. The van der Waals surface area contributed by atoms with Gasteiger partial charge in [0.25, 0.3) is 5.91 Å². The molecule has 2 rings (SSSR count). The molecule has 0 bridgehead atoms. The van der Waals surface area contributed by atoms with E-state index in [1.807, 2.05) is 18.2 Å². The molecule has 7 heteroatoms. The van der Waals surface area contributed by atoms with Crippen LogP contribution in [0.3, 0.4) is 0 Å². The fourth-order valence-corrected chi connectivity index (χ4v) is 2.27. The SMILES string of the molecule is NS(=O)(=O)c1ccc(F)c(C(=O)NCc2ccccc2)c1. The van der Waals surface area contributed by atoms with Gasteiger partial charge in [-0.3, -0.25) is 4.79 Å². The molecule has 2 aromatic carbocycles. The van der Waals surface area contributed by atoms with E-state index in [4.69, 9.17) is 5.14 Å². The van der Waals surface area contributed by atoms with Gasteiger partial charge >= 0.3 is 0 Å². The van der Waals surface area contributed by atoms with Crippen molar-refractivity contribution < 1.29 is 17.6 Å². The lowest BCUT2D eigenvalue weighted by Gasteiger charge is -2.07. The van der Waals surface area contributed by atoms with E-state index < -0.39 is 21.7 Å². The van der Waals surface area contributed by atoms with Crippen LogP contribution in [-0.2, 0) is 16.6 Å². The van der Waals surface area contributed by atoms with E-state index in [0.717, 1.165) is 23.8 Å². The zero-order chi connectivity index (χ0) is 15.5. The van der Waals surface area contributed by atoms with Gasteiger partial charge in [-0.05, 0) is 23.8 Å². The number of primary sulfonamides is 1. The van der Waals surface area contributed by atoms with Gasteiger partial charge < -0.3 is 5.32 Å². The average Bonchev–Trinajstić information content (AvgIpc) is 2.45. The van der Waals surface area contributed by atoms with E-state index in [9.17, 15) is 17.6 Å². The minimum atomic E-state index is -3.99. The molecule has 0 heterocycles. The van der Waals surface area contributed by atoms with E-state index in [1.54, 1.807) is 12.1 Å². The lowest BCUT2D eigenvalue weighted by molar-refractivity contribution is 0.0946. The van der Waals surface area contributed by atoms with Crippen molar-refractivity contribution in [2.45, 2.75) is 11.4 Å². The highest BCUT2D eigenvalue weighted by molar-refractivity contribution is 7.89. The Bertz CT molecular complexity index is 761. The lowest BCUT2D eigenvalue weighted by Crippen LogP contribution is -2.24. The highest BCUT2D eigenvalue weighted by Gasteiger charge is 2.16. The van der Waals surface area contributed by atoms with Gasteiger partial charge in [0.15, 0.2) is 0 Å². The second-order valence-electron chi connectivity index (χ2n) is 4.35. The second-order valence-corrected chi connectivity index (χ2v) is 5.92. The molecule has 0 aliphatic heterocycles. The summed E-state index contributed by atoms with van der Waals surface area (Å²) in [6.45, 7) is 0.207. The van der Waals surface area contributed by atoms with E-state index in [0.29, 0.717) is 0 Å². The molecule has 3 N–H and O–H groups in total. The van der Waals surface area contributed by atoms with Gasteiger partial charge in [0.05, 0.1) is 10.5 Å². The summed E-state index contributed by atoms with van der Waals surface area (Å²) in [5.41, 5.74) is 0.478. The molecule has 110 valence electrons. The van der Waals surface area contributed by atoms with Crippen LogP contribution in [0.4, 0.5) is 4.39 Å². The topological polar surface area (TPSA) is 89.3 Å². The maximum Gasteiger partial charge on any atom is 0.254 e. The summed E-state index contributed by atoms with van der Waals surface area (Å²) in [6, 6.07) is 11.9. The van der Waals surface area contributed by atoms with Crippen molar-refractivity contribution in [3.05, 3.63) is 65.5 Å². The van der Waals surface area contributed by atoms with Crippen LogP contribution in [0.5, 0.6) is 0 Å². The van der Waals surface area contributed by atoms with Gasteiger partial charge in [0, 0.05) is 6.54 Å². The molecule has 2 aromatic rings. The molecule has 0 saturated carbocycles. The largest absolute Gasteiger partial charge is 0.348 e. The van der Waals surface area contributed by atoms with Gasteiger partial charge in [-0.15, -0.1) is 0 Å². The third-order valence-electron chi connectivity index (χ3n) is 2.81. The highest BCUT2D eigenvalue weighted by atomic mass is 32.2. The molecule has 0 atom stereocenters. The normalized spacial score (nSPS) is 11.1. The Morgan fingerprint density at radius 2 is 1.81 bits per heavy atom. The molecule has 0 radical (unpaired) electrons. The summed E-state index contributed by atoms with van der Waals surface area (Å²) < 4.78 is 36.1. The van der Waals surface area contributed by atoms with Crippen LogP contribution >= 0.6 is 0 Å². The predicted octanol–water partition coefficient (Wildman–Crippen LogP) is 1.40. The maximum absolute atomic E-state index is 13.6. The Balaban J connectivity index is 2.19. The first-order chi connectivity index (χ1) is 9.88. The van der Waals surface area contributed by atoms with Crippen LogP contribution in [0.1, 0.15) is 15.9 Å². The molecule has 1 amide bonds. The summed E-state index contributed by atoms with van der Waals surface area (Å²) in [5, 5.41) is 7.48. The molecule has 0 aromatic heterocycles. The van der Waals surface area contributed by atoms with E-state index in [2.05, 4.69) is 5.32 Å². The molecule has 0 aliphatic rings. The third-order valence-corrected chi connectivity index (χ3v) is 3.72. The molecule has 21 heavy (non-hydrogen) atoms. The Kier molecular flexibility index (Phi) is 4.35. The van der Waals surface area contributed by atoms with Crippen molar-refractivity contribution in [1.29, 1.82) is 0 Å². The first-order valence-corrected chi connectivity index (χ1v) is 7.57. The zero-order valence-electron chi connectivity index (χ0n) is 10.9. The Morgan fingerprint density at radius 3 is 2.43 bits per heavy atom. The third kappa shape index (κ3) is 3.87. The van der Waals surface area contributed by atoms with Crippen molar-refractivity contribution in [2.24, 2.45) is 5.14 Å². The number of carbonyl (C=O) groups is 1. The molecule has 0 fully saturated rings. The summed E-state index contributed by atoms with van der Waals surface area (Å²) in [6.07, 6.45) is 0. The van der Waals surface area contributed by atoms with Crippen LogP contribution in [-0.4, -0.2) is 14.3 Å². The van der Waals surface area contributed by atoms with Crippen molar-refractivity contribution >= 4 is 15.9 Å². The molecule has 0 unspecified atom stereocenters. The van der Waals surface area contributed by atoms with Gasteiger partial charge in [0.2, 0.25) is 10.0 Å². The van der Waals surface area contributed by atoms with E-state index >= 15 is 0 Å². The predicted molar refractivity (Wildman–Crippen MR) is 75.4 cm³/mol. The number of halogens is 1. The first kappa shape index (κ1) is 15.1. The van der Waals surface area contributed by atoms with Crippen LogP contribution in [0.15, 0.2) is 53.4 Å². The van der Waals surface area contributed by atoms with Crippen molar-refractivity contribution in [3.8, 4) is 0 Å². The summed E-state index contributed by atoms with van der Waals surface area (Å²) in [7, 11) is -3.99. The molecular weight excluding hydrogens is 295 g/mol. The molecule has 0 aliphatic carbocycles. The number of rotatable bonds is 4. The van der Waals surface area contributed by atoms with Crippen molar-refractivity contribution in [3.63, 3.8) is 0 Å². The fourth-order valence-electron chi connectivity index (χ4n) is 1.73. The number of nitrogens with one attached hydrogen (secondary N) is 1. The highest BCUT2D eigenvalue weighted by Crippen LogP contribution is 2.14. The minimum Gasteiger partial charge on any atom is -0.348 e. The number of benzene rings is 2. The summed E-state index contributed by atoms with van der Waals surface area (Å²) in [5.74, 6) is -1.52. The van der Waals surface area contributed by atoms with Gasteiger partial charge in [-0.2, -0.15) is 0 Å². The fraction of sp³-hybridized carbons (Fsp3) is 0.0714. The van der Waals surface area contributed by atoms with E-state index in [1.165, 1.54) is 0 Å². The number of nitrogens with two attached hydrogens (primary N) is 1. The van der Waals surface area contributed by atoms with Crippen LogP contribution < -0.4 is 10.5 Å². The molecule has 0 saturated heterocycles. The summed E-state index contributed by atoms with van der Waals surface area (Å²) >= 11 is 0. The second kappa shape index (κ2) is 6.02. The molecule has 5 nitrogen and oxygen atoms in total. The summed E-state index contributed by atoms with van der Waals surface area (Å²) in [4.78, 5) is 11.6. The molecule has 0 spiro atoms. The standard InChI is InChI=1S/C14H13FN2O3S/c15-13-7-6-11(21(16,19)20)8-12(13)14(18)17-9-10-4-2-1-3-5-10/h1-8H,9H2,(H,17,18)(H2,16,19,20). The number of carbonyl (C=O) groups excluding carboxylic acids is 1. The Hall–Kier alpha value is -2.25. The number of amides is 1. The Labute approximate surface area is 121 Å². The van der Waals surface area contributed by atoms with Gasteiger partial charge in [0.1, 0.15) is 5.82 Å². The first-order valence-electron chi connectivity index (χ1n) is 6.02. The number of hydrogen-bond acceptors (Lipinski definition) is 3. The van der Waals surface area contributed by atoms with Crippen LogP contribution in [0, 0.1) is 5.82 Å². The van der Waals surface area contributed by atoms with Gasteiger partial charge in [-0.25, -0.2) is 17.9 Å². The lowest BCUT2D eigenvalue weighted by atomic mass is 10.2. The number of sulfonamides is 1. The van der Waals surface area contributed by atoms with E-state index in [-0.39, 0.29) is 17.0 Å². The molecular formula is C14H13FN2O3S. The zero-order valence-corrected chi connectivity index (χ0v) is 11.7. The minimum absolute atomic E-state index is 0.207. The van der Waals surface area contributed by atoms with Gasteiger partial charge in [-0.1, -0.05) is 30.3 Å².